The Bertz CT molecular complexity index is 1260. The van der Waals surface area contributed by atoms with Gasteiger partial charge in [0.25, 0.3) is 5.91 Å². The number of benzene rings is 2. The molecule has 0 aliphatic heterocycles. The van der Waals surface area contributed by atoms with Crippen molar-refractivity contribution in [2.24, 2.45) is 5.10 Å². The standard InChI is InChI=1S/C21H20N8O4/c1-2-11-32-16-9-5-14(6-10-16)18-17(24-28-29(18)20-19(22)26-33-27-20)21(31)25-23-12-13-3-7-15(30)8-4-13/h3-10,12,30H,2,11H2,1H3,(H2,22,26)(H,25,31). The Labute approximate surface area is 187 Å². The minimum absolute atomic E-state index is 0.0116. The van der Waals surface area contributed by atoms with E-state index in [4.69, 9.17) is 10.5 Å². The predicted octanol–water partition coefficient (Wildman–Crippen LogP) is 2.16. The van der Waals surface area contributed by atoms with E-state index < -0.39 is 5.91 Å². The number of amides is 1. The maximum atomic E-state index is 12.9. The van der Waals surface area contributed by atoms with Gasteiger partial charge in [-0.1, -0.05) is 12.1 Å². The van der Waals surface area contributed by atoms with Gasteiger partial charge in [-0.25, -0.2) is 10.1 Å². The fourth-order valence-corrected chi connectivity index (χ4v) is 2.89. The zero-order valence-corrected chi connectivity index (χ0v) is 17.5. The van der Waals surface area contributed by atoms with Crippen molar-refractivity contribution >= 4 is 17.9 Å². The fourth-order valence-electron chi connectivity index (χ4n) is 2.89. The van der Waals surface area contributed by atoms with Crippen LogP contribution in [0.4, 0.5) is 5.82 Å². The molecule has 4 aromatic rings. The number of carbonyl (C=O) groups is 1. The van der Waals surface area contributed by atoms with Crippen molar-refractivity contribution in [3.63, 3.8) is 0 Å². The van der Waals surface area contributed by atoms with E-state index in [9.17, 15) is 9.90 Å². The average Bonchev–Trinajstić information content (AvgIpc) is 3.45. The number of nitrogens with one attached hydrogen (secondary N) is 1. The molecule has 2 heterocycles. The van der Waals surface area contributed by atoms with Gasteiger partial charge < -0.3 is 15.6 Å². The number of rotatable bonds is 8. The maximum absolute atomic E-state index is 12.9. The third-order valence-corrected chi connectivity index (χ3v) is 4.45. The highest BCUT2D eigenvalue weighted by Crippen LogP contribution is 2.28. The Hall–Kier alpha value is -4.74. The zero-order valence-electron chi connectivity index (χ0n) is 17.5. The van der Waals surface area contributed by atoms with Gasteiger partial charge in [-0.15, -0.1) is 5.10 Å². The summed E-state index contributed by atoms with van der Waals surface area (Å²) in [4.78, 5) is 12.9. The zero-order chi connectivity index (χ0) is 23.2. The van der Waals surface area contributed by atoms with E-state index >= 15 is 0 Å². The second kappa shape index (κ2) is 9.60. The fraction of sp³-hybridized carbons (Fsp3) is 0.143. The van der Waals surface area contributed by atoms with Gasteiger partial charge in [0, 0.05) is 5.56 Å². The molecule has 0 unspecified atom stereocenters. The van der Waals surface area contributed by atoms with E-state index in [1.165, 1.54) is 23.0 Å². The average molecular weight is 448 g/mol. The molecule has 12 nitrogen and oxygen atoms in total. The first kappa shape index (κ1) is 21.5. The molecule has 168 valence electrons. The van der Waals surface area contributed by atoms with Crippen molar-refractivity contribution in [3.8, 4) is 28.6 Å². The summed E-state index contributed by atoms with van der Waals surface area (Å²) in [6.45, 7) is 2.61. The van der Waals surface area contributed by atoms with Crippen LogP contribution >= 0.6 is 0 Å². The molecule has 0 spiro atoms. The lowest BCUT2D eigenvalue weighted by atomic mass is 10.1. The van der Waals surface area contributed by atoms with Crippen LogP contribution < -0.4 is 15.9 Å². The summed E-state index contributed by atoms with van der Waals surface area (Å²) in [7, 11) is 0. The van der Waals surface area contributed by atoms with Gasteiger partial charge in [-0.3, -0.25) is 4.79 Å². The molecule has 0 bridgehead atoms. The highest BCUT2D eigenvalue weighted by Gasteiger charge is 2.25. The molecule has 2 aromatic heterocycles. The molecule has 1 amide bonds. The van der Waals surface area contributed by atoms with Crippen molar-refractivity contribution in [1.82, 2.24) is 30.7 Å². The summed E-state index contributed by atoms with van der Waals surface area (Å²) in [6.07, 6.45) is 2.31. The Balaban J connectivity index is 1.65. The summed E-state index contributed by atoms with van der Waals surface area (Å²) in [5, 5.41) is 28.6. The number of hydrazone groups is 1. The molecule has 0 saturated carbocycles. The Morgan fingerprint density at radius 3 is 2.64 bits per heavy atom. The van der Waals surface area contributed by atoms with Crippen LogP contribution in [0.25, 0.3) is 17.1 Å². The molecular weight excluding hydrogens is 428 g/mol. The van der Waals surface area contributed by atoms with Crippen LogP contribution in [0.3, 0.4) is 0 Å². The van der Waals surface area contributed by atoms with Crippen LogP contribution in [0.2, 0.25) is 0 Å². The molecule has 12 heteroatoms. The monoisotopic (exact) mass is 448 g/mol. The number of anilines is 1. The lowest BCUT2D eigenvalue weighted by Crippen LogP contribution is -2.19. The lowest BCUT2D eigenvalue weighted by molar-refractivity contribution is 0.0950. The Morgan fingerprint density at radius 1 is 1.21 bits per heavy atom. The smallest absolute Gasteiger partial charge is 0.294 e. The van der Waals surface area contributed by atoms with E-state index in [0.29, 0.717) is 29.2 Å². The molecule has 0 aliphatic carbocycles. The maximum Gasteiger partial charge on any atom is 0.294 e. The van der Waals surface area contributed by atoms with Crippen LogP contribution in [-0.4, -0.2) is 49.1 Å². The van der Waals surface area contributed by atoms with Crippen LogP contribution in [-0.2, 0) is 0 Å². The highest BCUT2D eigenvalue weighted by atomic mass is 16.6. The molecule has 2 aromatic carbocycles. The van der Waals surface area contributed by atoms with E-state index in [1.807, 2.05) is 6.92 Å². The topological polar surface area (TPSA) is 167 Å². The van der Waals surface area contributed by atoms with E-state index in [0.717, 1.165) is 6.42 Å². The predicted molar refractivity (Wildman–Crippen MR) is 118 cm³/mol. The van der Waals surface area contributed by atoms with Crippen LogP contribution in [0.15, 0.2) is 58.3 Å². The number of nitrogens with zero attached hydrogens (tertiary/aromatic N) is 6. The SMILES string of the molecule is CCCOc1ccc(-c2c(C(=O)NN=Cc3ccc(O)cc3)nnn2-c2nonc2N)cc1. The Morgan fingerprint density at radius 2 is 1.97 bits per heavy atom. The number of phenols is 1. The van der Waals surface area contributed by atoms with Crippen molar-refractivity contribution in [2.75, 3.05) is 12.3 Å². The molecule has 0 atom stereocenters. The van der Waals surface area contributed by atoms with Crippen LogP contribution in [0.5, 0.6) is 11.5 Å². The van der Waals surface area contributed by atoms with Gasteiger partial charge in [0.15, 0.2) is 5.69 Å². The quantitative estimate of drug-likeness (QED) is 0.270. The normalized spacial score (nSPS) is 11.1. The van der Waals surface area contributed by atoms with Gasteiger partial charge in [0.05, 0.1) is 12.8 Å². The highest BCUT2D eigenvalue weighted by molar-refractivity contribution is 5.98. The molecule has 0 fully saturated rings. The number of nitrogens with two attached hydrogens (primary N) is 1. The number of aromatic hydroxyl groups is 1. The molecular formula is C21H20N8O4. The molecule has 4 N–H and O–H groups in total. The minimum atomic E-state index is -0.604. The number of nitrogen functional groups attached to an aromatic ring is 1. The van der Waals surface area contributed by atoms with Crippen molar-refractivity contribution < 1.29 is 19.3 Å². The summed E-state index contributed by atoms with van der Waals surface area (Å²) in [5.41, 5.74) is 9.84. The molecule has 0 saturated heterocycles. The number of hydrogen-bond donors (Lipinski definition) is 3. The van der Waals surface area contributed by atoms with Gasteiger partial charge in [0.2, 0.25) is 11.6 Å². The largest absolute Gasteiger partial charge is 0.508 e. The summed E-state index contributed by atoms with van der Waals surface area (Å²) in [6, 6.07) is 13.4. The first-order chi connectivity index (χ1) is 16.1. The third kappa shape index (κ3) is 4.79. The third-order valence-electron chi connectivity index (χ3n) is 4.45. The van der Waals surface area contributed by atoms with Gasteiger partial charge in [-0.05, 0) is 70.8 Å². The van der Waals surface area contributed by atoms with Crippen LogP contribution in [0.1, 0.15) is 29.4 Å². The Kier molecular flexibility index (Phi) is 6.25. The first-order valence-electron chi connectivity index (χ1n) is 9.96. The molecule has 4 rings (SSSR count). The number of phenolic OH excluding ortho intramolecular Hbond substituents is 1. The summed E-state index contributed by atoms with van der Waals surface area (Å²) in [5.74, 6) is 0.293. The molecule has 33 heavy (non-hydrogen) atoms. The molecule has 0 aliphatic rings. The van der Waals surface area contributed by atoms with Crippen LogP contribution in [0, 0.1) is 0 Å². The lowest BCUT2D eigenvalue weighted by Gasteiger charge is -2.08. The second-order valence-corrected chi connectivity index (χ2v) is 6.84. The first-order valence-corrected chi connectivity index (χ1v) is 9.96. The van der Waals surface area contributed by atoms with E-state index in [1.54, 1.807) is 36.4 Å². The summed E-state index contributed by atoms with van der Waals surface area (Å²) >= 11 is 0. The van der Waals surface area contributed by atoms with Gasteiger partial charge in [-0.2, -0.15) is 9.78 Å². The van der Waals surface area contributed by atoms with Gasteiger partial charge >= 0.3 is 0 Å². The second-order valence-electron chi connectivity index (χ2n) is 6.84. The van der Waals surface area contributed by atoms with Crippen molar-refractivity contribution in [1.29, 1.82) is 0 Å². The van der Waals surface area contributed by atoms with Crippen molar-refractivity contribution in [3.05, 3.63) is 59.8 Å². The van der Waals surface area contributed by atoms with Crippen molar-refractivity contribution in [2.45, 2.75) is 13.3 Å². The van der Waals surface area contributed by atoms with E-state index in [-0.39, 0.29) is 23.1 Å². The number of carbonyl (C=O) groups excluding carboxylic acids is 1. The number of ether oxygens (including phenoxy) is 1. The van der Waals surface area contributed by atoms with Gasteiger partial charge in [0.1, 0.15) is 17.2 Å². The molecule has 0 radical (unpaired) electrons. The summed E-state index contributed by atoms with van der Waals surface area (Å²) < 4.78 is 11.6. The number of hydrogen-bond acceptors (Lipinski definition) is 10. The number of aromatic nitrogens is 5. The minimum Gasteiger partial charge on any atom is -0.508 e. The van der Waals surface area contributed by atoms with E-state index in [2.05, 4.69) is 35.8 Å².